The number of nitrogens with one attached hydrogen (secondary N) is 1. The van der Waals surface area contributed by atoms with Gasteiger partial charge in [0.1, 0.15) is 0 Å². The van der Waals surface area contributed by atoms with Crippen LogP contribution in [0.2, 0.25) is 0 Å². The average molecular weight is 291 g/mol. The first-order chi connectivity index (χ1) is 8.37. The third kappa shape index (κ3) is 13.5. The molecule has 0 atom stereocenters. The number of nitriles is 1. The minimum absolute atomic E-state index is 0.0417. The molecule has 0 fully saturated rings. The summed E-state index contributed by atoms with van der Waals surface area (Å²) in [4.78, 5) is 20.0. The van der Waals surface area contributed by atoms with Crippen LogP contribution in [-0.4, -0.2) is 21.0 Å². The van der Waals surface area contributed by atoms with Crippen molar-refractivity contribution in [3.05, 3.63) is 0 Å². The van der Waals surface area contributed by atoms with Crippen LogP contribution < -0.4 is 28.3 Å². The zero-order chi connectivity index (χ0) is 14.6. The monoisotopic (exact) mass is 291 g/mol. The van der Waals surface area contributed by atoms with Gasteiger partial charge >= 0.3 is 31.8 Å². The van der Waals surface area contributed by atoms with Gasteiger partial charge in [0.05, 0.1) is 0 Å². The number of hydrogen-bond acceptors (Lipinski definition) is 10. The summed E-state index contributed by atoms with van der Waals surface area (Å²) in [6.07, 6.45) is 1.34. The van der Waals surface area contributed by atoms with Gasteiger partial charge in [-0.3, -0.25) is 0 Å². The quantitative estimate of drug-likeness (QED) is 0.191. The number of carbonyl (C=O) groups excluding carboxylic acids is 1. The molecule has 0 aliphatic carbocycles. The number of amides is 2. The number of rotatable bonds is 0. The van der Waals surface area contributed by atoms with Crippen molar-refractivity contribution in [1.29, 1.82) is 5.26 Å². The van der Waals surface area contributed by atoms with Crippen molar-refractivity contribution < 1.29 is 30.5 Å². The topological polar surface area (TPSA) is 230 Å². The molecular weight excluding hydrogens is 282 g/mol. The molecule has 0 bridgehead atoms. The molecule has 1 aromatic heterocycles. The fourth-order valence-electron chi connectivity index (χ4n) is 0.482. The van der Waals surface area contributed by atoms with Crippen LogP contribution in [0.3, 0.4) is 0 Å². The van der Waals surface area contributed by atoms with Gasteiger partial charge in [-0.25, -0.2) is 10.1 Å². The first-order valence-corrected chi connectivity index (χ1v) is 5.11. The molecule has 0 saturated carbocycles. The third-order valence-corrected chi connectivity index (χ3v) is 0.866. The van der Waals surface area contributed by atoms with Crippen molar-refractivity contribution in [3.63, 3.8) is 0 Å². The van der Waals surface area contributed by atoms with Crippen LogP contribution in [0.4, 0.5) is 22.6 Å². The number of anilines is 3. The summed E-state index contributed by atoms with van der Waals surface area (Å²) < 4.78 is 17.0. The van der Waals surface area contributed by atoms with Gasteiger partial charge in [0.2, 0.25) is 17.8 Å². The number of carbonyl (C=O) groups is 1. The van der Waals surface area contributed by atoms with E-state index in [1.165, 1.54) is 6.19 Å². The Balaban J connectivity index is 0. The molecule has 13 heteroatoms. The zero-order valence-electron chi connectivity index (χ0n) is 8.82. The summed E-state index contributed by atoms with van der Waals surface area (Å²) in [5.41, 5.74) is 19.8. The first kappa shape index (κ1) is 17.9. The summed E-state index contributed by atoms with van der Waals surface area (Å²) in [5.74, 6) is 0.125. The number of nitrogen functional groups attached to an aromatic ring is 3. The predicted molar refractivity (Wildman–Crippen MR) is 52.8 cm³/mol. The Hall–Kier alpha value is -2.52. The summed E-state index contributed by atoms with van der Waals surface area (Å²) in [7, 11) is 0. The van der Waals surface area contributed by atoms with Gasteiger partial charge in [-0.05, 0) is 0 Å². The van der Waals surface area contributed by atoms with E-state index >= 15 is 0 Å². The number of urea groups is 1. The molecule has 1 heterocycles. The predicted octanol–water partition coefficient (Wildman–Crippen LogP) is -2.49. The Bertz CT molecular complexity index is 415. The van der Waals surface area contributed by atoms with Crippen LogP contribution in [0.25, 0.3) is 0 Å². The van der Waals surface area contributed by atoms with Gasteiger partial charge < -0.3 is 22.9 Å². The molecule has 18 heavy (non-hydrogen) atoms. The van der Waals surface area contributed by atoms with E-state index in [1.54, 1.807) is 5.32 Å². The molecule has 96 valence electrons. The Morgan fingerprint density at radius 3 is 1.50 bits per heavy atom. The van der Waals surface area contributed by atoms with Gasteiger partial charge in [0, 0.05) is 0 Å². The van der Waals surface area contributed by atoms with Crippen molar-refractivity contribution in [1.82, 2.24) is 20.3 Å². The fourth-order valence-corrected chi connectivity index (χ4v) is 0.482. The van der Waals surface area contributed by atoms with E-state index < -0.39 is 25.1 Å². The second kappa shape index (κ2) is 11.0. The SMILES string of the molecule is N#CNC(N)=O.Nc1nc(N)nc(N)n1.[O]=[Ti]=[O]. The Morgan fingerprint density at radius 2 is 1.39 bits per heavy atom. The van der Waals surface area contributed by atoms with E-state index in [1.807, 2.05) is 0 Å². The van der Waals surface area contributed by atoms with Crippen molar-refractivity contribution >= 4 is 23.9 Å². The molecule has 9 N–H and O–H groups in total. The molecule has 0 spiro atoms. The summed E-state index contributed by atoms with van der Waals surface area (Å²) in [5, 5.41) is 9.23. The number of primary amides is 1. The van der Waals surface area contributed by atoms with Crippen LogP contribution in [0.15, 0.2) is 0 Å². The van der Waals surface area contributed by atoms with E-state index in [0.717, 1.165) is 0 Å². The first-order valence-electron chi connectivity index (χ1n) is 3.83. The Morgan fingerprint density at radius 1 is 1.11 bits per heavy atom. The maximum absolute atomic E-state index is 9.49. The van der Waals surface area contributed by atoms with E-state index in [9.17, 15) is 4.79 Å². The number of nitrogens with two attached hydrogens (primary N) is 4. The van der Waals surface area contributed by atoms with Crippen molar-refractivity contribution in [2.24, 2.45) is 5.73 Å². The number of aromatic nitrogens is 3. The molecule has 0 unspecified atom stereocenters. The van der Waals surface area contributed by atoms with E-state index in [-0.39, 0.29) is 17.8 Å². The summed E-state index contributed by atoms with van der Waals surface area (Å²) >= 11 is -2.00. The van der Waals surface area contributed by atoms with Crippen LogP contribution in [0, 0.1) is 11.5 Å². The van der Waals surface area contributed by atoms with Crippen molar-refractivity contribution in [2.45, 2.75) is 0 Å². The van der Waals surface area contributed by atoms with E-state index in [4.69, 9.17) is 29.1 Å². The summed E-state index contributed by atoms with van der Waals surface area (Å²) in [6.45, 7) is 0. The van der Waals surface area contributed by atoms with Crippen LogP contribution in [-0.2, 0) is 25.7 Å². The van der Waals surface area contributed by atoms with Crippen molar-refractivity contribution in [3.8, 4) is 6.19 Å². The van der Waals surface area contributed by atoms with Crippen molar-refractivity contribution in [2.75, 3.05) is 17.2 Å². The second-order valence-corrected chi connectivity index (χ2v) is 2.35. The molecule has 0 aliphatic rings. The number of hydrogen-bond donors (Lipinski definition) is 5. The molecule has 0 aliphatic heterocycles. The van der Waals surface area contributed by atoms with Crippen LogP contribution >= 0.6 is 0 Å². The molecule has 12 nitrogen and oxygen atoms in total. The molecule has 1 aromatic rings. The van der Waals surface area contributed by atoms with Gasteiger partial charge in [0.15, 0.2) is 6.19 Å². The summed E-state index contributed by atoms with van der Waals surface area (Å²) in [6, 6.07) is -0.822. The molecular formula is C5H9N9O3Ti. The molecule has 0 radical (unpaired) electrons. The van der Waals surface area contributed by atoms with Gasteiger partial charge in [0.25, 0.3) is 0 Å². The standard InChI is InChI=1S/C3H6N6.C2H3N3O.2O.Ti/c4-1-7-2(5)9-3(6)8-1;3-1-5-2(4)6;;;/h(H6,4,5,6,7,8,9);(H3,4,5,6);;;. The minimum atomic E-state index is -2.00. The molecule has 1 rings (SSSR count). The molecule has 0 saturated heterocycles. The fraction of sp³-hybridized carbons (Fsp3) is 0. The molecule has 0 aromatic carbocycles. The zero-order valence-corrected chi connectivity index (χ0v) is 10.4. The van der Waals surface area contributed by atoms with E-state index in [2.05, 4.69) is 20.7 Å². The maximum atomic E-state index is 9.49. The van der Waals surface area contributed by atoms with Gasteiger partial charge in [-0.15, -0.1) is 0 Å². The van der Waals surface area contributed by atoms with Gasteiger partial charge in [-0.1, -0.05) is 0 Å². The third-order valence-electron chi connectivity index (χ3n) is 0.866. The average Bonchev–Trinajstić information content (AvgIpc) is 2.16. The van der Waals surface area contributed by atoms with Crippen LogP contribution in [0.1, 0.15) is 0 Å². The molecule has 2 amide bonds. The normalized spacial score (nSPS) is 7.06. The number of nitrogens with zero attached hydrogens (tertiary/aromatic N) is 4. The van der Waals surface area contributed by atoms with Gasteiger partial charge in [-0.2, -0.15) is 20.2 Å². The Kier molecular flexibility index (Phi) is 10.9. The Labute approximate surface area is 109 Å². The van der Waals surface area contributed by atoms with Crippen LogP contribution in [0.5, 0.6) is 0 Å². The second-order valence-electron chi connectivity index (χ2n) is 2.09. The van der Waals surface area contributed by atoms with E-state index in [0.29, 0.717) is 0 Å².